The Morgan fingerprint density at radius 1 is 1.30 bits per heavy atom. The molecule has 3 rings (SSSR count). The number of aryl methyl sites for hydroxylation is 1. The zero-order valence-corrected chi connectivity index (χ0v) is 14.9. The highest BCUT2D eigenvalue weighted by Gasteiger charge is 2.32. The number of hydrogen-bond acceptors (Lipinski definition) is 5. The SMILES string of the molecule is Cc1nc2n(c(=O)c1C)C(CC(=O)N1CC(C)OC(C)C1)CS2. The standard InChI is InChI=1S/C16H23N3O3S/c1-9-6-18(7-10(2)22-9)14(20)5-13-8-23-16-17-12(4)11(3)15(21)19(13)16/h9-10,13H,5-8H2,1-4H3. The van der Waals surface area contributed by atoms with Gasteiger partial charge < -0.3 is 9.64 Å². The largest absolute Gasteiger partial charge is 0.372 e. The topological polar surface area (TPSA) is 64.4 Å². The first-order valence-corrected chi connectivity index (χ1v) is 9.01. The summed E-state index contributed by atoms with van der Waals surface area (Å²) in [6.45, 7) is 8.86. The molecule has 2 aliphatic rings. The molecule has 7 heteroatoms. The van der Waals surface area contributed by atoms with E-state index in [0.717, 1.165) is 16.6 Å². The highest BCUT2D eigenvalue weighted by Crippen LogP contribution is 2.33. The molecule has 0 aromatic carbocycles. The van der Waals surface area contributed by atoms with Gasteiger partial charge in [-0.3, -0.25) is 14.2 Å². The van der Waals surface area contributed by atoms with Crippen molar-refractivity contribution < 1.29 is 9.53 Å². The van der Waals surface area contributed by atoms with E-state index in [4.69, 9.17) is 4.74 Å². The Kier molecular flexibility index (Phi) is 4.51. The van der Waals surface area contributed by atoms with Crippen LogP contribution in [-0.2, 0) is 9.53 Å². The quantitative estimate of drug-likeness (QED) is 0.766. The normalized spacial score (nSPS) is 27.1. The van der Waals surface area contributed by atoms with Crippen LogP contribution in [0.4, 0.5) is 0 Å². The molecule has 0 bridgehead atoms. The fraction of sp³-hybridized carbons (Fsp3) is 0.688. The molecule has 1 aromatic heterocycles. The lowest BCUT2D eigenvalue weighted by molar-refractivity contribution is -0.143. The number of carbonyl (C=O) groups excluding carboxylic acids is 1. The van der Waals surface area contributed by atoms with Crippen LogP contribution in [-0.4, -0.2) is 51.4 Å². The summed E-state index contributed by atoms with van der Waals surface area (Å²) in [6, 6.07) is -0.102. The van der Waals surface area contributed by atoms with E-state index in [9.17, 15) is 9.59 Å². The third-order valence-corrected chi connectivity index (χ3v) is 5.60. The van der Waals surface area contributed by atoms with Crippen molar-refractivity contribution in [3.05, 3.63) is 21.6 Å². The number of ether oxygens (including phenoxy) is 1. The number of rotatable bonds is 2. The van der Waals surface area contributed by atoms with Gasteiger partial charge in [-0.05, 0) is 27.7 Å². The van der Waals surface area contributed by atoms with Gasteiger partial charge in [-0.15, -0.1) is 0 Å². The molecule has 3 unspecified atom stereocenters. The van der Waals surface area contributed by atoms with E-state index >= 15 is 0 Å². The second-order valence-corrected chi connectivity index (χ2v) is 7.49. The fourth-order valence-electron chi connectivity index (χ4n) is 3.23. The van der Waals surface area contributed by atoms with Gasteiger partial charge in [0, 0.05) is 36.5 Å². The highest BCUT2D eigenvalue weighted by molar-refractivity contribution is 7.99. The lowest BCUT2D eigenvalue weighted by Crippen LogP contribution is -2.48. The third kappa shape index (κ3) is 3.17. The number of morpholine rings is 1. The lowest BCUT2D eigenvalue weighted by atomic mass is 10.1. The maximum atomic E-state index is 12.6. The Morgan fingerprint density at radius 2 is 1.96 bits per heavy atom. The molecule has 1 fully saturated rings. The Morgan fingerprint density at radius 3 is 2.61 bits per heavy atom. The number of thioether (sulfide) groups is 1. The molecule has 0 radical (unpaired) electrons. The summed E-state index contributed by atoms with van der Waals surface area (Å²) in [5.41, 5.74) is 1.43. The van der Waals surface area contributed by atoms with Crippen LogP contribution in [0.15, 0.2) is 9.95 Å². The summed E-state index contributed by atoms with van der Waals surface area (Å²) in [6.07, 6.45) is 0.466. The molecule has 1 saturated heterocycles. The maximum absolute atomic E-state index is 12.6. The van der Waals surface area contributed by atoms with Crippen molar-refractivity contribution >= 4 is 17.7 Å². The van der Waals surface area contributed by atoms with Crippen LogP contribution >= 0.6 is 11.8 Å². The second kappa shape index (κ2) is 6.28. The summed E-state index contributed by atoms with van der Waals surface area (Å²) in [5.74, 6) is 0.822. The van der Waals surface area contributed by atoms with Gasteiger partial charge in [-0.2, -0.15) is 0 Å². The molecule has 0 N–H and O–H groups in total. The average molecular weight is 337 g/mol. The summed E-state index contributed by atoms with van der Waals surface area (Å²) >= 11 is 1.56. The molecular formula is C16H23N3O3S. The van der Waals surface area contributed by atoms with Crippen molar-refractivity contribution in [1.29, 1.82) is 0 Å². The molecule has 3 heterocycles. The van der Waals surface area contributed by atoms with Crippen molar-refractivity contribution in [1.82, 2.24) is 14.5 Å². The van der Waals surface area contributed by atoms with Gasteiger partial charge >= 0.3 is 0 Å². The van der Waals surface area contributed by atoms with Gasteiger partial charge in [-0.25, -0.2) is 4.98 Å². The van der Waals surface area contributed by atoms with Crippen LogP contribution in [0.25, 0.3) is 0 Å². The first kappa shape index (κ1) is 16.5. The van der Waals surface area contributed by atoms with Crippen LogP contribution in [0.3, 0.4) is 0 Å². The van der Waals surface area contributed by atoms with E-state index in [-0.39, 0.29) is 29.7 Å². The van der Waals surface area contributed by atoms with Crippen LogP contribution in [0.5, 0.6) is 0 Å². The molecule has 0 spiro atoms. The van der Waals surface area contributed by atoms with E-state index in [1.54, 1.807) is 23.3 Å². The predicted molar refractivity (Wildman–Crippen MR) is 88.9 cm³/mol. The molecule has 23 heavy (non-hydrogen) atoms. The van der Waals surface area contributed by atoms with Crippen molar-refractivity contribution in [2.24, 2.45) is 0 Å². The Balaban J connectivity index is 1.78. The van der Waals surface area contributed by atoms with Crippen LogP contribution in [0.1, 0.15) is 37.6 Å². The minimum Gasteiger partial charge on any atom is -0.372 e. The molecule has 6 nitrogen and oxygen atoms in total. The summed E-state index contributed by atoms with van der Waals surface area (Å²) in [5, 5.41) is 0.736. The summed E-state index contributed by atoms with van der Waals surface area (Å²) in [7, 11) is 0. The molecule has 0 aliphatic carbocycles. The summed E-state index contributed by atoms with van der Waals surface area (Å²) < 4.78 is 7.38. The zero-order chi connectivity index (χ0) is 16.7. The average Bonchev–Trinajstić information content (AvgIpc) is 2.86. The van der Waals surface area contributed by atoms with E-state index in [2.05, 4.69) is 4.98 Å². The van der Waals surface area contributed by atoms with Crippen LogP contribution < -0.4 is 5.56 Å². The molecular weight excluding hydrogens is 314 g/mol. The number of amides is 1. The smallest absolute Gasteiger partial charge is 0.257 e. The number of hydrogen-bond donors (Lipinski definition) is 0. The predicted octanol–water partition coefficient (Wildman–Crippen LogP) is 1.53. The van der Waals surface area contributed by atoms with E-state index in [1.807, 2.05) is 25.7 Å². The van der Waals surface area contributed by atoms with Crippen LogP contribution in [0, 0.1) is 13.8 Å². The van der Waals surface area contributed by atoms with Gasteiger partial charge in [0.05, 0.1) is 18.2 Å². The van der Waals surface area contributed by atoms with Gasteiger partial charge in [-0.1, -0.05) is 11.8 Å². The molecule has 1 amide bonds. The number of fused-ring (bicyclic) bond motifs is 1. The Hall–Kier alpha value is -1.34. The molecule has 3 atom stereocenters. The van der Waals surface area contributed by atoms with Crippen LogP contribution in [0.2, 0.25) is 0 Å². The van der Waals surface area contributed by atoms with E-state index < -0.39 is 0 Å². The maximum Gasteiger partial charge on any atom is 0.257 e. The highest BCUT2D eigenvalue weighted by atomic mass is 32.2. The van der Waals surface area contributed by atoms with Crippen molar-refractivity contribution in [2.75, 3.05) is 18.8 Å². The van der Waals surface area contributed by atoms with Gasteiger partial charge in [0.15, 0.2) is 5.16 Å². The monoisotopic (exact) mass is 337 g/mol. The minimum atomic E-state index is -0.102. The molecule has 126 valence electrons. The minimum absolute atomic E-state index is 0.0148. The van der Waals surface area contributed by atoms with Crippen molar-refractivity contribution in [2.45, 2.75) is 57.5 Å². The second-order valence-electron chi connectivity index (χ2n) is 6.50. The first-order valence-electron chi connectivity index (χ1n) is 8.02. The van der Waals surface area contributed by atoms with Crippen molar-refractivity contribution in [3.63, 3.8) is 0 Å². The number of nitrogens with zero attached hydrogens (tertiary/aromatic N) is 3. The fourth-order valence-corrected chi connectivity index (χ4v) is 4.42. The molecule has 2 aliphatic heterocycles. The lowest BCUT2D eigenvalue weighted by Gasteiger charge is -2.35. The van der Waals surface area contributed by atoms with Gasteiger partial charge in [0.25, 0.3) is 5.56 Å². The number of aromatic nitrogens is 2. The molecule has 1 aromatic rings. The number of carbonyl (C=O) groups is 1. The Bertz CT molecular complexity index is 678. The van der Waals surface area contributed by atoms with E-state index in [1.165, 1.54) is 0 Å². The first-order chi connectivity index (χ1) is 10.9. The van der Waals surface area contributed by atoms with Gasteiger partial charge in [0.2, 0.25) is 5.91 Å². The van der Waals surface area contributed by atoms with Crippen molar-refractivity contribution in [3.8, 4) is 0 Å². The Labute approximate surface area is 140 Å². The van der Waals surface area contributed by atoms with E-state index in [0.29, 0.717) is 25.1 Å². The zero-order valence-electron chi connectivity index (χ0n) is 14.0. The van der Waals surface area contributed by atoms with Gasteiger partial charge in [0.1, 0.15) is 0 Å². The molecule has 0 saturated carbocycles. The summed E-state index contributed by atoms with van der Waals surface area (Å²) in [4.78, 5) is 31.5. The third-order valence-electron chi connectivity index (χ3n) is 4.50.